The van der Waals surface area contributed by atoms with Crippen LogP contribution in [-0.2, 0) is 9.59 Å². The first-order valence-corrected chi connectivity index (χ1v) is 7.39. The van der Waals surface area contributed by atoms with Gasteiger partial charge < -0.3 is 10.2 Å². The summed E-state index contributed by atoms with van der Waals surface area (Å²) in [6, 6.07) is -0.0237. The molecule has 1 heterocycles. The molecule has 1 aliphatic heterocycles. The van der Waals surface area contributed by atoms with Gasteiger partial charge in [-0.2, -0.15) is 0 Å². The Labute approximate surface area is 120 Å². The van der Waals surface area contributed by atoms with Crippen LogP contribution in [0.15, 0.2) is 12.2 Å². The van der Waals surface area contributed by atoms with Crippen molar-refractivity contribution in [1.29, 1.82) is 0 Å². The molecular formula is C15H25NO4. The summed E-state index contributed by atoms with van der Waals surface area (Å²) < 4.78 is 0. The van der Waals surface area contributed by atoms with Crippen molar-refractivity contribution in [3.05, 3.63) is 12.2 Å². The number of unbranched alkanes of at least 4 members (excludes halogenated alkanes) is 2. The van der Waals surface area contributed by atoms with Gasteiger partial charge in [0.25, 0.3) is 0 Å². The van der Waals surface area contributed by atoms with E-state index in [1.165, 1.54) is 0 Å². The molecule has 5 heteroatoms. The average Bonchev–Trinajstić information content (AvgIpc) is 2.75. The molecule has 5 nitrogen and oxygen atoms in total. The molecule has 2 N–H and O–H groups in total. The lowest BCUT2D eigenvalue weighted by Gasteiger charge is -2.21. The van der Waals surface area contributed by atoms with Gasteiger partial charge in [-0.15, -0.1) is 0 Å². The smallest absolute Gasteiger partial charge is 0.303 e. The Balaban J connectivity index is 2.26. The zero-order valence-corrected chi connectivity index (χ0v) is 12.0. The predicted octanol–water partition coefficient (Wildman–Crippen LogP) is 1.60. The number of hydrogen-bond donors (Lipinski definition) is 2. The van der Waals surface area contributed by atoms with Gasteiger partial charge in [-0.05, 0) is 38.6 Å². The Morgan fingerprint density at radius 1 is 1.30 bits per heavy atom. The molecule has 0 aromatic carbocycles. The number of carboxylic acids is 1. The van der Waals surface area contributed by atoms with Crippen molar-refractivity contribution in [2.24, 2.45) is 0 Å². The van der Waals surface area contributed by atoms with Crippen LogP contribution in [0.5, 0.6) is 0 Å². The fourth-order valence-corrected chi connectivity index (χ4v) is 2.47. The summed E-state index contributed by atoms with van der Waals surface area (Å²) in [4.78, 5) is 24.4. The van der Waals surface area contributed by atoms with Crippen molar-refractivity contribution in [3.8, 4) is 0 Å². The van der Waals surface area contributed by atoms with E-state index in [1.54, 1.807) is 0 Å². The molecule has 0 aromatic rings. The molecular weight excluding hydrogens is 258 g/mol. The van der Waals surface area contributed by atoms with Crippen LogP contribution in [0.4, 0.5) is 0 Å². The fourth-order valence-electron chi connectivity index (χ4n) is 2.47. The summed E-state index contributed by atoms with van der Waals surface area (Å²) in [5.41, 5.74) is 0. The maximum Gasteiger partial charge on any atom is 0.303 e. The van der Waals surface area contributed by atoms with Crippen LogP contribution in [0.25, 0.3) is 0 Å². The van der Waals surface area contributed by atoms with Crippen LogP contribution < -0.4 is 0 Å². The summed E-state index contributed by atoms with van der Waals surface area (Å²) in [6.45, 7) is 1.89. The highest BCUT2D eigenvalue weighted by atomic mass is 16.4. The molecule has 0 spiro atoms. The van der Waals surface area contributed by atoms with E-state index >= 15 is 0 Å². The van der Waals surface area contributed by atoms with Gasteiger partial charge in [0.05, 0.1) is 6.04 Å². The van der Waals surface area contributed by atoms with Gasteiger partial charge in [0.1, 0.15) is 0 Å². The summed E-state index contributed by atoms with van der Waals surface area (Å²) in [6.07, 6.45) is 8.59. The van der Waals surface area contributed by atoms with Crippen molar-refractivity contribution in [3.63, 3.8) is 0 Å². The summed E-state index contributed by atoms with van der Waals surface area (Å²) in [5, 5.41) is 17.3. The standard InChI is InChI=1S/C15H25NO4/c17-12-6-5-10-16-11-9-14(18)13(16)7-3-1-2-4-8-15(19)20/h1,3,13,17H,2,4-12H2,(H,19,20)/b3-1-/t13-/m0/s1. The van der Waals surface area contributed by atoms with E-state index in [1.807, 2.05) is 12.2 Å². The van der Waals surface area contributed by atoms with Crippen LogP contribution >= 0.6 is 0 Å². The van der Waals surface area contributed by atoms with Crippen molar-refractivity contribution in [2.75, 3.05) is 19.7 Å². The number of likely N-dealkylation sites (tertiary alicyclic amines) is 1. The second-order valence-electron chi connectivity index (χ2n) is 5.19. The monoisotopic (exact) mass is 283 g/mol. The Hall–Kier alpha value is -1.20. The van der Waals surface area contributed by atoms with Crippen molar-refractivity contribution in [2.45, 2.75) is 51.0 Å². The maximum atomic E-state index is 11.8. The molecule has 0 amide bonds. The van der Waals surface area contributed by atoms with E-state index in [4.69, 9.17) is 10.2 Å². The van der Waals surface area contributed by atoms with Crippen molar-refractivity contribution in [1.82, 2.24) is 4.90 Å². The lowest BCUT2D eigenvalue weighted by atomic mass is 10.1. The van der Waals surface area contributed by atoms with Gasteiger partial charge in [0.15, 0.2) is 5.78 Å². The van der Waals surface area contributed by atoms with E-state index in [9.17, 15) is 9.59 Å². The molecule has 1 rings (SSSR count). The number of aliphatic hydroxyl groups excluding tert-OH is 1. The number of aliphatic carboxylic acids is 1. The third-order valence-electron chi connectivity index (χ3n) is 3.60. The van der Waals surface area contributed by atoms with Gasteiger partial charge in [0, 0.05) is 26.0 Å². The normalized spacial score (nSPS) is 20.1. The molecule has 1 saturated heterocycles. The number of carbonyl (C=O) groups is 2. The first-order valence-electron chi connectivity index (χ1n) is 7.39. The molecule has 0 radical (unpaired) electrons. The highest BCUT2D eigenvalue weighted by molar-refractivity contribution is 5.86. The van der Waals surface area contributed by atoms with Crippen LogP contribution in [-0.4, -0.2) is 52.6 Å². The summed E-state index contributed by atoms with van der Waals surface area (Å²) >= 11 is 0. The summed E-state index contributed by atoms with van der Waals surface area (Å²) in [7, 11) is 0. The Kier molecular flexibility index (Phi) is 8.14. The molecule has 0 aromatic heterocycles. The number of nitrogens with zero attached hydrogens (tertiary/aromatic N) is 1. The number of allylic oxidation sites excluding steroid dienone is 1. The number of rotatable bonds is 10. The number of carbonyl (C=O) groups excluding carboxylic acids is 1. The number of hydrogen-bond acceptors (Lipinski definition) is 4. The zero-order valence-electron chi connectivity index (χ0n) is 12.0. The number of ketones is 1. The van der Waals surface area contributed by atoms with E-state index in [0.29, 0.717) is 25.0 Å². The van der Waals surface area contributed by atoms with Crippen LogP contribution in [0.2, 0.25) is 0 Å². The molecule has 1 fully saturated rings. The second-order valence-corrected chi connectivity index (χ2v) is 5.19. The third-order valence-corrected chi connectivity index (χ3v) is 3.60. The number of aliphatic hydroxyl groups is 1. The van der Waals surface area contributed by atoms with E-state index in [0.717, 1.165) is 32.4 Å². The molecule has 20 heavy (non-hydrogen) atoms. The third kappa shape index (κ3) is 6.30. The summed E-state index contributed by atoms with van der Waals surface area (Å²) in [5.74, 6) is -0.469. The maximum absolute atomic E-state index is 11.8. The quantitative estimate of drug-likeness (QED) is 0.470. The van der Waals surface area contributed by atoms with Crippen LogP contribution in [0.3, 0.4) is 0 Å². The first-order chi connectivity index (χ1) is 9.65. The van der Waals surface area contributed by atoms with Gasteiger partial charge >= 0.3 is 5.97 Å². The molecule has 114 valence electrons. The topological polar surface area (TPSA) is 77.8 Å². The van der Waals surface area contributed by atoms with E-state index in [-0.39, 0.29) is 19.1 Å². The molecule has 0 unspecified atom stereocenters. The van der Waals surface area contributed by atoms with Gasteiger partial charge in [0.2, 0.25) is 0 Å². The van der Waals surface area contributed by atoms with E-state index < -0.39 is 5.97 Å². The van der Waals surface area contributed by atoms with Crippen molar-refractivity contribution >= 4 is 11.8 Å². The minimum absolute atomic E-state index is 0.0237. The predicted molar refractivity (Wildman–Crippen MR) is 76.5 cm³/mol. The zero-order chi connectivity index (χ0) is 14.8. The Morgan fingerprint density at radius 2 is 2.10 bits per heavy atom. The van der Waals surface area contributed by atoms with Gasteiger partial charge in [-0.25, -0.2) is 0 Å². The van der Waals surface area contributed by atoms with Gasteiger partial charge in [-0.1, -0.05) is 12.2 Å². The van der Waals surface area contributed by atoms with Crippen molar-refractivity contribution < 1.29 is 19.8 Å². The van der Waals surface area contributed by atoms with Crippen LogP contribution in [0, 0.1) is 0 Å². The Bertz CT molecular complexity index is 341. The lowest BCUT2D eigenvalue weighted by Crippen LogP contribution is -2.33. The molecule has 0 bridgehead atoms. The lowest BCUT2D eigenvalue weighted by molar-refractivity contribution is -0.137. The van der Waals surface area contributed by atoms with Crippen LogP contribution in [0.1, 0.15) is 44.9 Å². The number of Topliss-reactive ketones (excluding diaryl/α,β-unsaturated/α-hetero) is 1. The molecule has 1 aliphatic rings. The average molecular weight is 283 g/mol. The first kappa shape index (κ1) is 16.9. The highest BCUT2D eigenvalue weighted by Gasteiger charge is 2.30. The molecule has 1 atom stereocenters. The second kappa shape index (κ2) is 9.66. The Morgan fingerprint density at radius 3 is 2.80 bits per heavy atom. The highest BCUT2D eigenvalue weighted by Crippen LogP contribution is 2.18. The minimum atomic E-state index is -0.764. The number of carboxylic acid groups (broad SMARTS) is 1. The molecule has 0 aliphatic carbocycles. The SMILES string of the molecule is O=C(O)CCC/C=C\C[C@H]1C(=O)CCN1CCCCO. The molecule has 0 saturated carbocycles. The fraction of sp³-hybridized carbons (Fsp3) is 0.733. The largest absolute Gasteiger partial charge is 0.481 e. The van der Waals surface area contributed by atoms with E-state index in [2.05, 4.69) is 4.90 Å². The van der Waals surface area contributed by atoms with Gasteiger partial charge in [-0.3, -0.25) is 14.5 Å². The minimum Gasteiger partial charge on any atom is -0.481 e.